The third-order valence-corrected chi connectivity index (χ3v) is 6.92. The highest BCUT2D eigenvalue weighted by molar-refractivity contribution is 9.10. The van der Waals surface area contributed by atoms with Crippen molar-refractivity contribution in [3.8, 4) is 0 Å². The molecule has 7 nitrogen and oxygen atoms in total. The summed E-state index contributed by atoms with van der Waals surface area (Å²) in [5, 5.41) is 3.43. The van der Waals surface area contributed by atoms with E-state index < -0.39 is 33.8 Å². The van der Waals surface area contributed by atoms with Gasteiger partial charge in [0, 0.05) is 24.6 Å². The van der Waals surface area contributed by atoms with Crippen molar-refractivity contribution in [2.24, 2.45) is 7.05 Å². The highest BCUT2D eigenvalue weighted by Crippen LogP contribution is 2.29. The molecule has 1 aromatic carbocycles. The normalized spacial score (nSPS) is 17.4. The van der Waals surface area contributed by atoms with E-state index in [-0.39, 0.29) is 30.8 Å². The Morgan fingerprint density at radius 1 is 1.15 bits per heavy atom. The first-order chi connectivity index (χ1) is 12.5. The maximum atomic E-state index is 12.9. The molecule has 1 saturated heterocycles. The van der Waals surface area contributed by atoms with Gasteiger partial charge in [-0.3, -0.25) is 4.57 Å². The quantitative estimate of drug-likeness (QED) is 0.692. The molecule has 1 aliphatic heterocycles. The summed E-state index contributed by atoms with van der Waals surface area (Å²) in [5.41, 5.74) is -0.864. The molecular weight excluding hydrogens is 453 g/mol. The lowest BCUT2D eigenvalue weighted by Gasteiger charge is -2.30. The number of alkyl halides is 3. The fourth-order valence-corrected chi connectivity index (χ4v) is 4.76. The van der Waals surface area contributed by atoms with Crippen LogP contribution in [0.3, 0.4) is 0 Å². The molecule has 2 aromatic rings. The first-order valence-electron chi connectivity index (χ1n) is 8.00. The summed E-state index contributed by atoms with van der Waals surface area (Å²) in [6.45, 7) is 0.181. The number of hydrogen-bond donors (Lipinski definition) is 0. The molecule has 0 amide bonds. The largest absolute Gasteiger partial charge is 0.451 e. The molecule has 0 aliphatic carbocycles. The fourth-order valence-electron chi connectivity index (χ4n) is 3.02. The number of nitrogens with zero attached hydrogens (tertiary/aromatic N) is 4. The Morgan fingerprint density at radius 2 is 1.70 bits per heavy atom. The van der Waals surface area contributed by atoms with Gasteiger partial charge in [0.15, 0.2) is 0 Å². The summed E-state index contributed by atoms with van der Waals surface area (Å²) in [7, 11) is -2.69. The van der Waals surface area contributed by atoms with E-state index in [4.69, 9.17) is 0 Å². The molecule has 148 valence electrons. The summed E-state index contributed by atoms with van der Waals surface area (Å²) in [6, 6.07) is 5.60. The van der Waals surface area contributed by atoms with Crippen LogP contribution in [0.4, 0.5) is 13.2 Å². The summed E-state index contributed by atoms with van der Waals surface area (Å²) < 4.78 is 67.4. The lowest BCUT2D eigenvalue weighted by Crippen LogP contribution is -2.41. The highest BCUT2D eigenvalue weighted by Gasteiger charge is 2.39. The van der Waals surface area contributed by atoms with E-state index in [1.54, 1.807) is 12.1 Å². The topological polar surface area (TPSA) is 77.2 Å². The molecule has 0 radical (unpaired) electrons. The number of aromatic nitrogens is 3. The number of piperidine rings is 1. The van der Waals surface area contributed by atoms with Crippen LogP contribution >= 0.6 is 15.9 Å². The van der Waals surface area contributed by atoms with Crippen molar-refractivity contribution >= 4 is 26.0 Å². The van der Waals surface area contributed by atoms with Gasteiger partial charge in [0.1, 0.15) is 0 Å². The van der Waals surface area contributed by atoms with Crippen molar-refractivity contribution in [3.63, 3.8) is 0 Å². The fraction of sp³-hybridized carbons (Fsp3) is 0.467. The van der Waals surface area contributed by atoms with Gasteiger partial charge in [-0.05, 0) is 37.1 Å². The molecule has 0 saturated carbocycles. The van der Waals surface area contributed by atoms with Crippen LogP contribution in [-0.2, 0) is 23.2 Å². The van der Waals surface area contributed by atoms with Crippen LogP contribution in [-0.4, -0.2) is 40.2 Å². The average Bonchev–Trinajstić information content (AvgIpc) is 2.91. The second-order valence-corrected chi connectivity index (χ2v) is 9.05. The van der Waals surface area contributed by atoms with Crippen molar-refractivity contribution in [3.05, 3.63) is 45.0 Å². The Balaban J connectivity index is 1.78. The van der Waals surface area contributed by atoms with Gasteiger partial charge < -0.3 is 0 Å². The minimum atomic E-state index is -4.73. The van der Waals surface area contributed by atoms with E-state index in [0.29, 0.717) is 4.57 Å². The smallest absolute Gasteiger partial charge is 0.274 e. The average molecular weight is 469 g/mol. The molecule has 3 rings (SSSR count). The number of hydrogen-bond acceptors (Lipinski definition) is 4. The molecule has 27 heavy (non-hydrogen) atoms. The van der Waals surface area contributed by atoms with Gasteiger partial charge in [-0.2, -0.15) is 17.5 Å². The van der Waals surface area contributed by atoms with Crippen molar-refractivity contribution in [1.29, 1.82) is 0 Å². The Bertz CT molecular complexity index is 991. The van der Waals surface area contributed by atoms with Crippen LogP contribution in [0.15, 0.2) is 38.4 Å². The van der Waals surface area contributed by atoms with Gasteiger partial charge in [0.05, 0.1) is 10.9 Å². The van der Waals surface area contributed by atoms with E-state index in [9.17, 15) is 26.4 Å². The first kappa shape index (κ1) is 20.1. The number of sulfonamides is 1. The summed E-state index contributed by atoms with van der Waals surface area (Å²) in [6.07, 6.45) is -4.33. The maximum Gasteiger partial charge on any atom is 0.451 e. The molecule has 1 aromatic heterocycles. The Hall–Kier alpha value is -1.66. The van der Waals surface area contributed by atoms with Gasteiger partial charge in [-0.15, -0.1) is 5.10 Å². The lowest BCUT2D eigenvalue weighted by molar-refractivity contribution is -0.147. The standard InChI is InChI=1S/C15H16BrF3N4O3S/c1-21-13(15(17,18)19)20-23(14(21)24)11-6-8-22(9-7-11)27(25,26)12-4-2-10(16)3-5-12/h2-5,11H,6-9H2,1H3. The molecule has 12 heteroatoms. The Kier molecular flexibility index (Phi) is 5.25. The third kappa shape index (κ3) is 3.83. The summed E-state index contributed by atoms with van der Waals surface area (Å²) in [5.74, 6) is -1.27. The van der Waals surface area contributed by atoms with Crippen LogP contribution in [0.25, 0.3) is 0 Å². The second-order valence-electron chi connectivity index (χ2n) is 6.20. The predicted octanol–water partition coefficient (Wildman–Crippen LogP) is 2.39. The molecule has 0 atom stereocenters. The Morgan fingerprint density at radius 3 is 2.19 bits per heavy atom. The third-order valence-electron chi connectivity index (χ3n) is 4.48. The van der Waals surface area contributed by atoms with E-state index in [2.05, 4.69) is 21.0 Å². The van der Waals surface area contributed by atoms with E-state index >= 15 is 0 Å². The van der Waals surface area contributed by atoms with Crippen LogP contribution in [0, 0.1) is 0 Å². The number of benzene rings is 1. The van der Waals surface area contributed by atoms with E-state index in [0.717, 1.165) is 16.2 Å². The Labute approximate surface area is 161 Å². The monoisotopic (exact) mass is 468 g/mol. The van der Waals surface area contributed by atoms with Crippen molar-refractivity contribution < 1.29 is 21.6 Å². The van der Waals surface area contributed by atoms with Gasteiger partial charge in [-0.1, -0.05) is 15.9 Å². The predicted molar refractivity (Wildman–Crippen MR) is 93.6 cm³/mol. The molecule has 0 unspecified atom stereocenters. The van der Waals surface area contributed by atoms with Crippen molar-refractivity contribution in [2.75, 3.05) is 13.1 Å². The highest BCUT2D eigenvalue weighted by atomic mass is 79.9. The zero-order chi connectivity index (χ0) is 20.0. The molecule has 1 aliphatic rings. The molecule has 2 heterocycles. The second kappa shape index (κ2) is 7.06. The first-order valence-corrected chi connectivity index (χ1v) is 10.2. The molecule has 0 bridgehead atoms. The van der Waals surface area contributed by atoms with Gasteiger partial charge in [0.25, 0.3) is 0 Å². The van der Waals surface area contributed by atoms with Crippen molar-refractivity contribution in [1.82, 2.24) is 18.7 Å². The van der Waals surface area contributed by atoms with E-state index in [1.165, 1.54) is 16.4 Å². The summed E-state index contributed by atoms with van der Waals surface area (Å²) >= 11 is 3.24. The van der Waals surface area contributed by atoms with Gasteiger partial charge in [-0.25, -0.2) is 17.9 Å². The number of rotatable bonds is 3. The van der Waals surface area contributed by atoms with E-state index in [1.807, 2.05) is 0 Å². The molecule has 0 N–H and O–H groups in total. The van der Waals surface area contributed by atoms with Gasteiger partial charge >= 0.3 is 11.9 Å². The zero-order valence-corrected chi connectivity index (χ0v) is 16.6. The lowest BCUT2D eigenvalue weighted by atomic mass is 10.1. The summed E-state index contributed by atoms with van der Waals surface area (Å²) in [4.78, 5) is 12.2. The van der Waals surface area contributed by atoms with Crippen LogP contribution in [0.2, 0.25) is 0 Å². The molecular formula is C15H16BrF3N4O3S. The minimum absolute atomic E-state index is 0.0907. The zero-order valence-electron chi connectivity index (χ0n) is 14.1. The number of halogens is 4. The van der Waals surface area contributed by atoms with Gasteiger partial charge in [0.2, 0.25) is 15.8 Å². The van der Waals surface area contributed by atoms with Crippen LogP contribution in [0.5, 0.6) is 0 Å². The van der Waals surface area contributed by atoms with Crippen molar-refractivity contribution in [2.45, 2.75) is 30.0 Å². The SMILES string of the molecule is Cn1c(C(F)(F)F)nn(C2CCN(S(=O)(=O)c3ccc(Br)cc3)CC2)c1=O. The van der Waals surface area contributed by atoms with Crippen LogP contribution in [0.1, 0.15) is 24.7 Å². The molecule has 0 spiro atoms. The molecule has 1 fully saturated rings. The minimum Gasteiger partial charge on any atom is -0.274 e. The maximum absolute atomic E-state index is 12.9. The van der Waals surface area contributed by atoms with Crippen LogP contribution < -0.4 is 5.69 Å².